The molecule has 0 atom stereocenters. The number of carbonyl (C=O) groups is 1. The summed E-state index contributed by atoms with van der Waals surface area (Å²) < 4.78 is 5.48. The molecule has 1 N–H and O–H groups in total. The van der Waals surface area contributed by atoms with Gasteiger partial charge in [0.15, 0.2) is 6.61 Å². The van der Waals surface area contributed by atoms with Crippen LogP contribution in [0.15, 0.2) is 72.1 Å². The number of amides is 1. The number of benzene rings is 2. The first-order valence-electron chi connectivity index (χ1n) is 7.15. The molecule has 0 saturated heterocycles. The summed E-state index contributed by atoms with van der Waals surface area (Å²) in [6.45, 7) is -0.0912. The smallest absolute Gasteiger partial charge is 0.277 e. The van der Waals surface area contributed by atoms with Gasteiger partial charge in [-0.1, -0.05) is 30.3 Å². The number of hydrogen-bond donors (Lipinski definition) is 1. The van der Waals surface area contributed by atoms with Gasteiger partial charge < -0.3 is 4.74 Å². The second kappa shape index (κ2) is 7.17. The Labute approximate surface area is 133 Å². The number of aromatic nitrogens is 1. The van der Waals surface area contributed by atoms with E-state index in [0.29, 0.717) is 5.75 Å². The van der Waals surface area contributed by atoms with E-state index in [1.165, 1.54) is 0 Å². The number of fused-ring (bicyclic) bond motifs is 1. The lowest BCUT2D eigenvalue weighted by Crippen LogP contribution is -2.24. The number of nitrogens with one attached hydrogen (secondary N) is 1. The third kappa shape index (κ3) is 4.14. The summed E-state index contributed by atoms with van der Waals surface area (Å²) >= 11 is 0. The third-order valence-electron chi connectivity index (χ3n) is 3.20. The van der Waals surface area contributed by atoms with E-state index in [0.717, 1.165) is 16.3 Å². The van der Waals surface area contributed by atoms with Gasteiger partial charge in [-0.2, -0.15) is 5.10 Å². The highest BCUT2D eigenvalue weighted by Crippen LogP contribution is 2.20. The highest BCUT2D eigenvalue weighted by atomic mass is 16.5. The van der Waals surface area contributed by atoms with Crippen molar-refractivity contribution in [3.8, 4) is 5.75 Å². The zero-order chi connectivity index (χ0) is 15.9. The van der Waals surface area contributed by atoms with Gasteiger partial charge in [0.2, 0.25) is 0 Å². The van der Waals surface area contributed by atoms with Crippen molar-refractivity contribution in [3.05, 3.63) is 72.6 Å². The normalized spacial score (nSPS) is 10.8. The first-order valence-corrected chi connectivity index (χ1v) is 7.15. The summed E-state index contributed by atoms with van der Waals surface area (Å²) in [5, 5.41) is 6.07. The quantitative estimate of drug-likeness (QED) is 0.582. The van der Waals surface area contributed by atoms with Gasteiger partial charge in [-0.3, -0.25) is 9.78 Å². The Morgan fingerprint density at radius 2 is 1.87 bits per heavy atom. The molecule has 5 nitrogen and oxygen atoms in total. The van der Waals surface area contributed by atoms with Crippen LogP contribution in [0.2, 0.25) is 0 Å². The minimum absolute atomic E-state index is 0.0912. The molecule has 1 amide bonds. The molecule has 0 radical (unpaired) electrons. The average Bonchev–Trinajstić information content (AvgIpc) is 2.61. The molecule has 2 aromatic carbocycles. The Kier molecular flexibility index (Phi) is 4.59. The summed E-state index contributed by atoms with van der Waals surface area (Å²) in [5.74, 6) is 0.334. The Hall–Kier alpha value is -3.21. The predicted molar refractivity (Wildman–Crippen MR) is 89.4 cm³/mol. The van der Waals surface area contributed by atoms with E-state index >= 15 is 0 Å². The predicted octanol–water partition coefficient (Wildman–Crippen LogP) is 2.76. The van der Waals surface area contributed by atoms with Crippen LogP contribution < -0.4 is 10.2 Å². The van der Waals surface area contributed by atoms with E-state index in [9.17, 15) is 4.79 Å². The number of rotatable bonds is 5. The number of pyridine rings is 1. The van der Waals surface area contributed by atoms with Crippen molar-refractivity contribution in [1.82, 2.24) is 10.4 Å². The first kappa shape index (κ1) is 14.7. The molecule has 1 heterocycles. The van der Waals surface area contributed by atoms with Crippen LogP contribution in [0.5, 0.6) is 5.75 Å². The van der Waals surface area contributed by atoms with Crippen LogP contribution in [0.1, 0.15) is 5.56 Å². The van der Waals surface area contributed by atoms with Gasteiger partial charge in [0.05, 0.1) is 6.21 Å². The molecule has 0 saturated carbocycles. The molecule has 0 aliphatic rings. The number of hydrazone groups is 1. The molecule has 23 heavy (non-hydrogen) atoms. The van der Waals surface area contributed by atoms with Crippen LogP contribution in [0.4, 0.5) is 0 Å². The van der Waals surface area contributed by atoms with Crippen molar-refractivity contribution in [2.24, 2.45) is 5.10 Å². The minimum atomic E-state index is -0.316. The first-order chi connectivity index (χ1) is 11.3. The van der Waals surface area contributed by atoms with Crippen LogP contribution >= 0.6 is 0 Å². The molecular formula is C18H15N3O2. The standard InChI is InChI=1S/C18H15N3O2/c22-18(21-20-12-14-7-9-19-10-8-14)13-23-17-6-5-15-3-1-2-4-16(15)11-17/h1-12H,13H2,(H,21,22). The minimum Gasteiger partial charge on any atom is -0.484 e. The molecule has 0 aliphatic carbocycles. The second-order valence-electron chi connectivity index (χ2n) is 4.87. The van der Waals surface area contributed by atoms with Crippen LogP contribution in [-0.2, 0) is 4.79 Å². The van der Waals surface area contributed by atoms with Crippen LogP contribution in [0, 0.1) is 0 Å². The average molecular weight is 305 g/mol. The van der Waals surface area contributed by atoms with Crippen LogP contribution in [0.3, 0.4) is 0 Å². The number of nitrogens with zero attached hydrogens (tertiary/aromatic N) is 2. The molecule has 3 aromatic rings. The lowest BCUT2D eigenvalue weighted by Gasteiger charge is -2.06. The highest BCUT2D eigenvalue weighted by molar-refractivity contribution is 5.84. The molecule has 3 rings (SSSR count). The van der Waals surface area contributed by atoms with E-state index in [1.54, 1.807) is 30.7 Å². The maximum atomic E-state index is 11.7. The van der Waals surface area contributed by atoms with Gasteiger partial charge in [-0.15, -0.1) is 0 Å². The zero-order valence-electron chi connectivity index (χ0n) is 12.3. The summed E-state index contributed by atoms with van der Waals surface area (Å²) in [6, 6.07) is 17.3. The van der Waals surface area contributed by atoms with Gasteiger partial charge in [-0.05, 0) is 40.6 Å². The van der Waals surface area contributed by atoms with E-state index in [1.807, 2.05) is 42.5 Å². The van der Waals surface area contributed by atoms with Crippen LogP contribution in [-0.4, -0.2) is 23.7 Å². The van der Waals surface area contributed by atoms with E-state index in [-0.39, 0.29) is 12.5 Å². The topological polar surface area (TPSA) is 63.6 Å². The maximum Gasteiger partial charge on any atom is 0.277 e. The fraction of sp³-hybridized carbons (Fsp3) is 0.0556. The number of ether oxygens (including phenoxy) is 1. The summed E-state index contributed by atoms with van der Waals surface area (Å²) in [7, 11) is 0. The van der Waals surface area contributed by atoms with Crippen molar-refractivity contribution < 1.29 is 9.53 Å². The molecule has 1 aromatic heterocycles. The Balaban J connectivity index is 1.52. The van der Waals surface area contributed by atoms with Crippen molar-refractivity contribution in [2.45, 2.75) is 0 Å². The van der Waals surface area contributed by atoms with E-state index < -0.39 is 0 Å². The van der Waals surface area contributed by atoms with Crippen molar-refractivity contribution in [3.63, 3.8) is 0 Å². The fourth-order valence-corrected chi connectivity index (χ4v) is 2.07. The van der Waals surface area contributed by atoms with Crippen molar-refractivity contribution in [2.75, 3.05) is 6.61 Å². The zero-order valence-corrected chi connectivity index (χ0v) is 12.3. The monoisotopic (exact) mass is 305 g/mol. The Morgan fingerprint density at radius 1 is 1.09 bits per heavy atom. The summed E-state index contributed by atoms with van der Waals surface area (Å²) in [4.78, 5) is 15.6. The number of hydrogen-bond acceptors (Lipinski definition) is 4. The lowest BCUT2D eigenvalue weighted by molar-refractivity contribution is -0.123. The SMILES string of the molecule is O=C(COc1ccc2ccccc2c1)NN=Cc1ccncc1. The molecule has 0 spiro atoms. The van der Waals surface area contributed by atoms with E-state index in [2.05, 4.69) is 15.5 Å². The summed E-state index contributed by atoms with van der Waals surface area (Å²) in [6.07, 6.45) is 4.87. The van der Waals surface area contributed by atoms with Crippen molar-refractivity contribution >= 4 is 22.9 Å². The highest BCUT2D eigenvalue weighted by Gasteiger charge is 2.02. The maximum absolute atomic E-state index is 11.7. The third-order valence-corrected chi connectivity index (χ3v) is 3.20. The van der Waals surface area contributed by atoms with Gasteiger partial charge in [0.1, 0.15) is 5.75 Å². The second-order valence-corrected chi connectivity index (χ2v) is 4.87. The molecule has 0 bridgehead atoms. The molecule has 0 fully saturated rings. The van der Waals surface area contributed by atoms with Gasteiger partial charge in [-0.25, -0.2) is 5.43 Å². The molecule has 5 heteroatoms. The number of carbonyl (C=O) groups excluding carboxylic acids is 1. The molecule has 0 aliphatic heterocycles. The van der Waals surface area contributed by atoms with Gasteiger partial charge in [0.25, 0.3) is 5.91 Å². The van der Waals surface area contributed by atoms with Crippen molar-refractivity contribution in [1.29, 1.82) is 0 Å². The lowest BCUT2D eigenvalue weighted by atomic mass is 10.1. The van der Waals surface area contributed by atoms with Gasteiger partial charge in [0, 0.05) is 12.4 Å². The molecular weight excluding hydrogens is 290 g/mol. The fourth-order valence-electron chi connectivity index (χ4n) is 2.07. The molecule has 114 valence electrons. The Bertz CT molecular complexity index is 832. The summed E-state index contributed by atoms with van der Waals surface area (Å²) in [5.41, 5.74) is 3.28. The van der Waals surface area contributed by atoms with Gasteiger partial charge >= 0.3 is 0 Å². The largest absolute Gasteiger partial charge is 0.484 e. The van der Waals surface area contributed by atoms with Crippen LogP contribution in [0.25, 0.3) is 10.8 Å². The Morgan fingerprint density at radius 3 is 2.70 bits per heavy atom. The molecule has 0 unspecified atom stereocenters. The van der Waals surface area contributed by atoms with E-state index in [4.69, 9.17) is 4.74 Å².